The third-order valence-electron chi connectivity index (χ3n) is 4.76. The number of nitrogens with zero attached hydrogens (tertiary/aromatic N) is 1. The van der Waals surface area contributed by atoms with Gasteiger partial charge in [0.25, 0.3) is 0 Å². The molecule has 1 aliphatic heterocycles. The number of rotatable bonds is 6. The van der Waals surface area contributed by atoms with Crippen LogP contribution in [0.4, 0.5) is 0 Å². The second kappa shape index (κ2) is 7.46. The van der Waals surface area contributed by atoms with Crippen LogP contribution in [-0.4, -0.2) is 48.3 Å². The predicted octanol–water partition coefficient (Wildman–Crippen LogP) is 2.00. The number of likely N-dealkylation sites (tertiary alicyclic amines) is 1. The number of hydrogen-bond acceptors (Lipinski definition) is 3. The van der Waals surface area contributed by atoms with Crippen molar-refractivity contribution in [2.24, 2.45) is 5.92 Å². The average molecular weight is 254 g/mol. The second-order valence-corrected chi connectivity index (χ2v) is 6.16. The van der Waals surface area contributed by atoms with Gasteiger partial charge in [0.2, 0.25) is 0 Å². The molecule has 2 aliphatic rings. The molecule has 3 heteroatoms. The largest absolute Gasteiger partial charge is 0.393 e. The Morgan fingerprint density at radius 1 is 1.17 bits per heavy atom. The summed E-state index contributed by atoms with van der Waals surface area (Å²) < 4.78 is 0. The van der Waals surface area contributed by atoms with E-state index in [9.17, 15) is 5.11 Å². The maximum Gasteiger partial charge on any atom is 0.0564 e. The van der Waals surface area contributed by atoms with Gasteiger partial charge in [-0.1, -0.05) is 13.3 Å². The van der Waals surface area contributed by atoms with Crippen LogP contribution < -0.4 is 5.32 Å². The highest BCUT2D eigenvalue weighted by Crippen LogP contribution is 2.27. The molecule has 1 saturated heterocycles. The van der Waals surface area contributed by atoms with Crippen LogP contribution in [0.25, 0.3) is 0 Å². The van der Waals surface area contributed by atoms with Crippen LogP contribution in [0.15, 0.2) is 0 Å². The lowest BCUT2D eigenvalue weighted by Gasteiger charge is -2.29. The third-order valence-corrected chi connectivity index (χ3v) is 4.76. The van der Waals surface area contributed by atoms with Gasteiger partial charge in [-0.05, 0) is 57.5 Å². The van der Waals surface area contributed by atoms with Gasteiger partial charge in [-0.3, -0.25) is 0 Å². The molecule has 18 heavy (non-hydrogen) atoms. The van der Waals surface area contributed by atoms with E-state index in [2.05, 4.69) is 17.1 Å². The standard InChI is InChI=1S/C15H30N2O/c1-2-13-4-5-14(12-13)16-8-3-9-17-10-6-15(18)7-11-17/h13-16,18H,2-12H2,1H3. The Hall–Kier alpha value is -0.120. The topological polar surface area (TPSA) is 35.5 Å². The number of aliphatic hydroxyl groups excluding tert-OH is 1. The van der Waals surface area contributed by atoms with Gasteiger partial charge in [0.05, 0.1) is 6.10 Å². The Morgan fingerprint density at radius 3 is 2.61 bits per heavy atom. The first-order valence-corrected chi connectivity index (χ1v) is 7.91. The van der Waals surface area contributed by atoms with Crippen LogP contribution in [-0.2, 0) is 0 Å². The Balaban J connectivity index is 1.49. The molecule has 2 unspecified atom stereocenters. The van der Waals surface area contributed by atoms with E-state index in [-0.39, 0.29) is 6.10 Å². The molecular formula is C15H30N2O. The molecule has 0 aromatic heterocycles. The molecule has 2 N–H and O–H groups in total. The van der Waals surface area contributed by atoms with Crippen molar-refractivity contribution >= 4 is 0 Å². The number of aliphatic hydroxyl groups is 1. The molecule has 0 aromatic carbocycles. The fourth-order valence-electron chi connectivity index (χ4n) is 3.38. The van der Waals surface area contributed by atoms with E-state index < -0.39 is 0 Å². The Labute approximate surface area is 112 Å². The lowest BCUT2D eigenvalue weighted by atomic mass is 10.1. The molecule has 0 spiro atoms. The zero-order chi connectivity index (χ0) is 12.8. The predicted molar refractivity (Wildman–Crippen MR) is 75.7 cm³/mol. The molecule has 0 aromatic rings. The van der Waals surface area contributed by atoms with Crippen molar-refractivity contribution in [2.45, 2.75) is 64.0 Å². The maximum atomic E-state index is 9.45. The molecule has 3 nitrogen and oxygen atoms in total. The summed E-state index contributed by atoms with van der Waals surface area (Å²) in [5.74, 6) is 0.978. The molecule has 0 bridgehead atoms. The van der Waals surface area contributed by atoms with Crippen molar-refractivity contribution in [1.29, 1.82) is 0 Å². The van der Waals surface area contributed by atoms with Gasteiger partial charge >= 0.3 is 0 Å². The molecule has 2 atom stereocenters. The van der Waals surface area contributed by atoms with Crippen LogP contribution in [0.5, 0.6) is 0 Å². The molecule has 0 radical (unpaired) electrons. The van der Waals surface area contributed by atoms with Gasteiger partial charge in [0, 0.05) is 19.1 Å². The minimum Gasteiger partial charge on any atom is -0.393 e. The smallest absolute Gasteiger partial charge is 0.0564 e. The van der Waals surface area contributed by atoms with Crippen LogP contribution in [0.1, 0.15) is 51.9 Å². The zero-order valence-corrected chi connectivity index (χ0v) is 11.9. The summed E-state index contributed by atoms with van der Waals surface area (Å²) in [5, 5.41) is 13.2. The Kier molecular flexibility index (Phi) is 5.93. The summed E-state index contributed by atoms with van der Waals surface area (Å²) in [6.45, 7) is 6.85. The summed E-state index contributed by atoms with van der Waals surface area (Å²) in [4.78, 5) is 2.50. The van der Waals surface area contributed by atoms with Gasteiger partial charge in [-0.25, -0.2) is 0 Å². The van der Waals surface area contributed by atoms with Gasteiger partial charge in [0.15, 0.2) is 0 Å². The summed E-state index contributed by atoms with van der Waals surface area (Å²) in [6.07, 6.45) is 8.71. The average Bonchev–Trinajstić information content (AvgIpc) is 2.85. The Morgan fingerprint density at radius 2 is 1.94 bits per heavy atom. The summed E-state index contributed by atoms with van der Waals surface area (Å²) in [5.41, 5.74) is 0. The van der Waals surface area contributed by atoms with E-state index in [0.717, 1.165) is 37.9 Å². The van der Waals surface area contributed by atoms with Gasteiger partial charge in [-0.2, -0.15) is 0 Å². The fourth-order valence-corrected chi connectivity index (χ4v) is 3.38. The van der Waals surface area contributed by atoms with E-state index in [1.807, 2.05) is 0 Å². The molecule has 1 heterocycles. The number of hydrogen-bond donors (Lipinski definition) is 2. The highest BCUT2D eigenvalue weighted by atomic mass is 16.3. The SMILES string of the molecule is CCC1CCC(NCCCN2CCC(O)CC2)C1. The van der Waals surface area contributed by atoms with E-state index in [0.29, 0.717) is 0 Å². The molecule has 2 rings (SSSR count). The van der Waals surface area contributed by atoms with E-state index in [1.165, 1.54) is 45.2 Å². The lowest BCUT2D eigenvalue weighted by molar-refractivity contribution is 0.0820. The number of nitrogens with one attached hydrogen (secondary N) is 1. The van der Waals surface area contributed by atoms with Crippen molar-refractivity contribution in [3.05, 3.63) is 0 Å². The van der Waals surface area contributed by atoms with Gasteiger partial charge in [-0.15, -0.1) is 0 Å². The molecule has 106 valence electrons. The van der Waals surface area contributed by atoms with Crippen molar-refractivity contribution in [3.8, 4) is 0 Å². The summed E-state index contributed by atoms with van der Waals surface area (Å²) >= 11 is 0. The highest BCUT2D eigenvalue weighted by Gasteiger charge is 2.22. The van der Waals surface area contributed by atoms with Crippen molar-refractivity contribution in [3.63, 3.8) is 0 Å². The van der Waals surface area contributed by atoms with Gasteiger partial charge < -0.3 is 15.3 Å². The summed E-state index contributed by atoms with van der Waals surface area (Å²) in [6, 6.07) is 0.790. The first-order valence-electron chi connectivity index (χ1n) is 7.91. The van der Waals surface area contributed by atoms with E-state index in [1.54, 1.807) is 0 Å². The second-order valence-electron chi connectivity index (χ2n) is 6.16. The van der Waals surface area contributed by atoms with E-state index in [4.69, 9.17) is 0 Å². The van der Waals surface area contributed by atoms with Crippen molar-refractivity contribution in [2.75, 3.05) is 26.2 Å². The van der Waals surface area contributed by atoms with Crippen molar-refractivity contribution < 1.29 is 5.11 Å². The maximum absolute atomic E-state index is 9.45. The van der Waals surface area contributed by atoms with Crippen LogP contribution in [0, 0.1) is 5.92 Å². The molecule has 1 aliphatic carbocycles. The fraction of sp³-hybridized carbons (Fsp3) is 1.00. The third kappa shape index (κ3) is 4.52. The number of piperidine rings is 1. The molecule has 2 fully saturated rings. The van der Waals surface area contributed by atoms with Crippen LogP contribution in [0.2, 0.25) is 0 Å². The molecular weight excluding hydrogens is 224 g/mol. The lowest BCUT2D eigenvalue weighted by Crippen LogP contribution is -2.38. The molecule has 0 amide bonds. The minimum absolute atomic E-state index is 0.0381. The Bertz CT molecular complexity index is 223. The van der Waals surface area contributed by atoms with E-state index >= 15 is 0 Å². The van der Waals surface area contributed by atoms with Gasteiger partial charge in [0.1, 0.15) is 0 Å². The summed E-state index contributed by atoms with van der Waals surface area (Å²) in [7, 11) is 0. The minimum atomic E-state index is -0.0381. The first kappa shape index (κ1) is 14.3. The normalized spacial score (nSPS) is 31.0. The quantitative estimate of drug-likeness (QED) is 0.712. The first-order chi connectivity index (χ1) is 8.78. The molecule has 1 saturated carbocycles. The monoisotopic (exact) mass is 254 g/mol. The highest BCUT2D eigenvalue weighted by molar-refractivity contribution is 4.80. The van der Waals surface area contributed by atoms with Crippen LogP contribution in [0.3, 0.4) is 0 Å². The van der Waals surface area contributed by atoms with Crippen LogP contribution >= 0.6 is 0 Å². The zero-order valence-electron chi connectivity index (χ0n) is 11.9. The van der Waals surface area contributed by atoms with Crippen molar-refractivity contribution in [1.82, 2.24) is 10.2 Å².